The number of carbonyl (C=O) groups excluding carboxylic acids is 1. The van der Waals surface area contributed by atoms with Gasteiger partial charge in [-0.2, -0.15) is 0 Å². The number of fused-ring (bicyclic) bond motifs is 1. The van der Waals surface area contributed by atoms with Gasteiger partial charge in [-0.15, -0.1) is 0 Å². The fourth-order valence-electron chi connectivity index (χ4n) is 1.88. The van der Waals surface area contributed by atoms with Crippen LogP contribution in [0.3, 0.4) is 0 Å². The van der Waals surface area contributed by atoms with Crippen LogP contribution in [0.15, 0.2) is 6.20 Å². The van der Waals surface area contributed by atoms with E-state index < -0.39 is 5.60 Å². The highest BCUT2D eigenvalue weighted by Crippen LogP contribution is 2.20. The third-order valence-corrected chi connectivity index (χ3v) is 2.55. The van der Waals surface area contributed by atoms with Gasteiger partial charge in [-0.3, -0.25) is 0 Å². The molecule has 16 heavy (non-hydrogen) atoms. The molecule has 0 atom stereocenters. The Bertz CT molecular complexity index is 402. The van der Waals surface area contributed by atoms with E-state index in [0.717, 1.165) is 30.8 Å². The summed E-state index contributed by atoms with van der Waals surface area (Å²) in [6.07, 6.45) is 2.64. The van der Waals surface area contributed by atoms with Gasteiger partial charge in [-0.1, -0.05) is 0 Å². The minimum atomic E-state index is -0.436. The van der Waals surface area contributed by atoms with Gasteiger partial charge in [0.1, 0.15) is 5.60 Å². The van der Waals surface area contributed by atoms with Gasteiger partial charge in [0.2, 0.25) is 0 Å². The van der Waals surface area contributed by atoms with Crippen molar-refractivity contribution < 1.29 is 9.53 Å². The van der Waals surface area contributed by atoms with Crippen LogP contribution in [0.5, 0.6) is 0 Å². The molecule has 0 saturated heterocycles. The molecule has 4 heteroatoms. The van der Waals surface area contributed by atoms with E-state index in [0.29, 0.717) is 5.56 Å². The molecule has 2 rings (SSSR count). The second-order valence-electron chi connectivity index (χ2n) is 5.09. The second kappa shape index (κ2) is 3.94. The van der Waals surface area contributed by atoms with Crippen molar-refractivity contribution in [2.45, 2.75) is 39.3 Å². The molecule has 88 valence electrons. The molecule has 0 unspecified atom stereocenters. The molecule has 0 amide bonds. The summed E-state index contributed by atoms with van der Waals surface area (Å²) in [6, 6.07) is 0. The van der Waals surface area contributed by atoms with Crippen LogP contribution >= 0.6 is 0 Å². The Morgan fingerprint density at radius 2 is 2.19 bits per heavy atom. The maximum Gasteiger partial charge on any atom is 0.340 e. The van der Waals surface area contributed by atoms with E-state index >= 15 is 0 Å². The molecule has 1 aliphatic rings. The lowest BCUT2D eigenvalue weighted by Gasteiger charge is -2.20. The Labute approximate surface area is 95.4 Å². The van der Waals surface area contributed by atoms with Gasteiger partial charge in [0.25, 0.3) is 0 Å². The Hall–Kier alpha value is -1.29. The van der Waals surface area contributed by atoms with Crippen LogP contribution in [0.25, 0.3) is 0 Å². The lowest BCUT2D eigenvalue weighted by molar-refractivity contribution is 0.00685. The molecular weight excluding hydrogens is 204 g/mol. The summed E-state index contributed by atoms with van der Waals surface area (Å²) in [6.45, 7) is 7.36. The predicted octanol–water partition coefficient (Wildman–Crippen LogP) is 1.62. The Morgan fingerprint density at radius 3 is 2.88 bits per heavy atom. The molecule has 0 bridgehead atoms. The normalized spacial score (nSPS) is 15.7. The van der Waals surface area contributed by atoms with Gasteiger partial charge < -0.3 is 15.0 Å². The zero-order valence-electron chi connectivity index (χ0n) is 10.0. The molecule has 2 heterocycles. The number of carbonyl (C=O) groups is 1. The van der Waals surface area contributed by atoms with Crippen molar-refractivity contribution in [2.24, 2.45) is 0 Å². The van der Waals surface area contributed by atoms with Gasteiger partial charge in [0.15, 0.2) is 0 Å². The van der Waals surface area contributed by atoms with Crippen molar-refractivity contribution in [3.8, 4) is 0 Å². The van der Waals surface area contributed by atoms with Crippen LogP contribution in [0.1, 0.15) is 42.4 Å². The summed E-state index contributed by atoms with van der Waals surface area (Å²) in [7, 11) is 0. The summed E-state index contributed by atoms with van der Waals surface area (Å²) in [5.74, 6) is -0.230. The SMILES string of the molecule is CC(C)(C)OC(=O)c1c[nH]c2c1CCNC2. The summed E-state index contributed by atoms with van der Waals surface area (Å²) in [4.78, 5) is 15.1. The van der Waals surface area contributed by atoms with Crippen molar-refractivity contribution in [3.05, 3.63) is 23.0 Å². The molecule has 0 aliphatic carbocycles. The highest BCUT2D eigenvalue weighted by atomic mass is 16.6. The minimum Gasteiger partial charge on any atom is -0.456 e. The number of aromatic amines is 1. The van der Waals surface area contributed by atoms with Crippen molar-refractivity contribution in [2.75, 3.05) is 6.54 Å². The number of aromatic nitrogens is 1. The third kappa shape index (κ3) is 2.27. The third-order valence-electron chi connectivity index (χ3n) is 2.55. The fraction of sp³-hybridized carbons (Fsp3) is 0.583. The highest BCUT2D eigenvalue weighted by Gasteiger charge is 2.24. The Morgan fingerprint density at radius 1 is 1.44 bits per heavy atom. The van der Waals surface area contributed by atoms with Crippen LogP contribution in [0, 0.1) is 0 Å². The first-order chi connectivity index (χ1) is 7.47. The zero-order valence-corrected chi connectivity index (χ0v) is 10.0. The molecule has 0 fully saturated rings. The number of hydrogen-bond donors (Lipinski definition) is 2. The van der Waals surface area contributed by atoms with Crippen LogP contribution in [0.2, 0.25) is 0 Å². The van der Waals surface area contributed by atoms with Crippen LogP contribution in [0.4, 0.5) is 0 Å². The number of rotatable bonds is 1. The van der Waals surface area contributed by atoms with Gasteiger partial charge in [0, 0.05) is 18.4 Å². The van der Waals surface area contributed by atoms with E-state index in [-0.39, 0.29) is 5.97 Å². The first-order valence-corrected chi connectivity index (χ1v) is 5.60. The van der Waals surface area contributed by atoms with E-state index in [9.17, 15) is 4.79 Å². The van der Waals surface area contributed by atoms with Crippen molar-refractivity contribution in [1.29, 1.82) is 0 Å². The predicted molar refractivity (Wildman–Crippen MR) is 61.4 cm³/mol. The first-order valence-electron chi connectivity index (χ1n) is 5.60. The van der Waals surface area contributed by atoms with Crippen LogP contribution < -0.4 is 5.32 Å². The molecular formula is C12H18N2O2. The number of H-pyrrole nitrogens is 1. The quantitative estimate of drug-likeness (QED) is 0.710. The summed E-state index contributed by atoms with van der Waals surface area (Å²) < 4.78 is 5.37. The molecule has 1 aromatic heterocycles. The number of hydrogen-bond acceptors (Lipinski definition) is 3. The van der Waals surface area contributed by atoms with Gasteiger partial charge >= 0.3 is 5.97 Å². The van der Waals surface area contributed by atoms with Crippen molar-refractivity contribution >= 4 is 5.97 Å². The standard InChI is InChI=1S/C12H18N2O2/c1-12(2,3)16-11(15)9-6-14-10-7-13-5-4-8(9)10/h6,13-14H,4-5,7H2,1-3H3. The topological polar surface area (TPSA) is 54.1 Å². The van der Waals surface area contributed by atoms with E-state index in [2.05, 4.69) is 10.3 Å². The zero-order chi connectivity index (χ0) is 11.8. The maximum absolute atomic E-state index is 11.9. The molecule has 2 N–H and O–H groups in total. The van der Waals surface area contributed by atoms with E-state index in [1.54, 1.807) is 6.20 Å². The molecule has 0 radical (unpaired) electrons. The molecule has 1 aliphatic heterocycles. The van der Waals surface area contributed by atoms with E-state index in [4.69, 9.17) is 4.74 Å². The maximum atomic E-state index is 11.9. The molecule has 0 spiro atoms. The van der Waals surface area contributed by atoms with Crippen LogP contribution in [-0.4, -0.2) is 23.1 Å². The van der Waals surface area contributed by atoms with Gasteiger partial charge in [0.05, 0.1) is 5.56 Å². The molecule has 0 aromatic carbocycles. The minimum absolute atomic E-state index is 0.230. The Kier molecular flexibility index (Phi) is 2.76. The second-order valence-corrected chi connectivity index (χ2v) is 5.09. The van der Waals surface area contributed by atoms with Crippen molar-refractivity contribution in [1.82, 2.24) is 10.3 Å². The largest absolute Gasteiger partial charge is 0.456 e. The molecule has 0 saturated carbocycles. The number of ether oxygens (including phenoxy) is 1. The lowest BCUT2D eigenvalue weighted by atomic mass is 10.0. The summed E-state index contributed by atoms with van der Waals surface area (Å²) in [5, 5.41) is 3.26. The highest BCUT2D eigenvalue weighted by molar-refractivity contribution is 5.91. The molecule has 4 nitrogen and oxygen atoms in total. The van der Waals surface area contributed by atoms with E-state index in [1.165, 1.54) is 0 Å². The van der Waals surface area contributed by atoms with Gasteiger partial charge in [-0.25, -0.2) is 4.79 Å². The van der Waals surface area contributed by atoms with Gasteiger partial charge in [-0.05, 0) is 39.3 Å². The lowest BCUT2D eigenvalue weighted by Crippen LogP contribution is -2.27. The number of nitrogens with one attached hydrogen (secondary N) is 2. The summed E-state index contributed by atoms with van der Waals surface area (Å²) >= 11 is 0. The smallest absolute Gasteiger partial charge is 0.340 e. The van der Waals surface area contributed by atoms with Crippen molar-refractivity contribution in [3.63, 3.8) is 0 Å². The van der Waals surface area contributed by atoms with Crippen LogP contribution in [-0.2, 0) is 17.7 Å². The van der Waals surface area contributed by atoms with E-state index in [1.807, 2.05) is 20.8 Å². The molecule has 1 aromatic rings. The number of esters is 1. The average Bonchev–Trinajstić information content (AvgIpc) is 2.58. The Balaban J connectivity index is 2.21. The monoisotopic (exact) mass is 222 g/mol. The first kappa shape index (κ1) is 11.2. The fourth-order valence-corrected chi connectivity index (χ4v) is 1.88. The summed E-state index contributed by atoms with van der Waals surface area (Å²) in [5.41, 5.74) is 2.46. The average molecular weight is 222 g/mol.